The molecule has 1 aliphatic heterocycles. The first kappa shape index (κ1) is 83.6. The summed E-state index contributed by atoms with van der Waals surface area (Å²) in [5.41, 5.74) is 0. The molecule has 0 aliphatic carbocycles. The number of ether oxygens (including phenoxy) is 1. The Morgan fingerprint density at radius 2 is 0.924 bits per heavy atom. The van der Waals surface area contributed by atoms with Gasteiger partial charge in [0, 0.05) is 55.3 Å². The molecule has 0 saturated carbocycles. The van der Waals surface area contributed by atoms with Crippen LogP contribution in [-0.4, -0.2) is 251 Å². The number of hydrogen-bond donors (Lipinski definition) is 6. The minimum absolute atomic E-state index is 0.0644. The van der Waals surface area contributed by atoms with Crippen LogP contribution >= 0.6 is 0 Å². The minimum atomic E-state index is -1.79. The zero-order chi connectivity index (χ0) is 71.3. The van der Waals surface area contributed by atoms with Crippen molar-refractivity contribution >= 4 is 65.0 Å². The molecule has 0 aromatic rings. The number of aliphatic hydroxyl groups excluding tert-OH is 2. The molecule has 0 aromatic heterocycles. The monoisotopic (exact) mass is 1300 g/mol. The van der Waals surface area contributed by atoms with Crippen molar-refractivity contribution in [2.45, 2.75) is 235 Å². The Kier molecular flexibility index (Phi) is 35.1. The number of rotatable bonds is 20. The van der Waals surface area contributed by atoms with E-state index in [4.69, 9.17) is 4.74 Å². The summed E-state index contributed by atoms with van der Waals surface area (Å²) in [4.78, 5) is 170. The van der Waals surface area contributed by atoms with Crippen LogP contribution in [0.5, 0.6) is 0 Å². The van der Waals surface area contributed by atoms with Crippen molar-refractivity contribution in [2.24, 2.45) is 47.3 Å². The van der Waals surface area contributed by atoms with Crippen molar-refractivity contribution in [2.75, 3.05) is 69.0 Å². The van der Waals surface area contributed by atoms with Gasteiger partial charge in [0.1, 0.15) is 54.4 Å². The van der Waals surface area contributed by atoms with Gasteiger partial charge < -0.3 is 70.5 Å². The highest BCUT2D eigenvalue weighted by Gasteiger charge is 2.46. The third-order valence-electron chi connectivity index (χ3n) is 16.9. The van der Waals surface area contributed by atoms with E-state index in [9.17, 15) is 53.8 Å². The summed E-state index contributed by atoms with van der Waals surface area (Å²) in [6, 6.07) is -10.3. The molecule has 1 saturated heterocycles. The molecule has 0 aromatic carbocycles. The Hall–Kier alpha value is -6.46. The van der Waals surface area contributed by atoms with Crippen molar-refractivity contribution in [3.05, 3.63) is 0 Å². The van der Waals surface area contributed by atoms with E-state index >= 15 is 14.4 Å². The van der Waals surface area contributed by atoms with Crippen LogP contribution < -0.4 is 21.3 Å². The lowest BCUT2D eigenvalue weighted by Gasteiger charge is -2.40. The first-order chi connectivity index (χ1) is 42.4. The molecule has 0 bridgehead atoms. The van der Waals surface area contributed by atoms with Crippen molar-refractivity contribution < 1.29 is 67.7 Å². The number of cyclic esters (lactones) is 1. The lowest BCUT2D eigenvalue weighted by Crippen LogP contribution is -2.64. The Morgan fingerprint density at radius 1 is 0.511 bits per heavy atom. The number of carbonyl (C=O) groups excluding carboxylic acids is 11. The molecule has 1 heterocycles. The Balaban J connectivity index is 4.44. The summed E-state index contributed by atoms with van der Waals surface area (Å²) >= 11 is 0. The predicted molar refractivity (Wildman–Crippen MR) is 350 cm³/mol. The van der Waals surface area contributed by atoms with E-state index in [1.165, 1.54) is 70.8 Å². The highest BCUT2D eigenvalue weighted by molar-refractivity contribution is 5.99. The third kappa shape index (κ3) is 25.1. The zero-order valence-corrected chi connectivity index (χ0v) is 60.0. The van der Waals surface area contributed by atoms with Crippen LogP contribution in [0.15, 0.2) is 0 Å². The zero-order valence-electron chi connectivity index (χ0n) is 60.0. The topological polar surface area (TPSA) is 332 Å². The molecule has 1 rings (SSSR count). The van der Waals surface area contributed by atoms with E-state index in [0.717, 1.165) is 14.7 Å². The first-order valence-corrected chi connectivity index (χ1v) is 32.9. The molecule has 526 valence electrons. The Labute approximate surface area is 549 Å². The van der Waals surface area contributed by atoms with Gasteiger partial charge in [-0.1, -0.05) is 104 Å². The number of nitrogens with one attached hydrogen (secondary N) is 4. The van der Waals surface area contributed by atoms with Crippen LogP contribution in [0.2, 0.25) is 0 Å². The van der Waals surface area contributed by atoms with Gasteiger partial charge in [-0.15, -0.1) is 0 Å². The molecule has 26 heteroatoms. The van der Waals surface area contributed by atoms with Gasteiger partial charge in [-0.25, -0.2) is 4.79 Å². The largest absolute Gasteiger partial charge is 0.450 e. The number of amides is 10. The van der Waals surface area contributed by atoms with Crippen LogP contribution in [0.4, 0.5) is 0 Å². The molecule has 0 radical (unpaired) electrons. The van der Waals surface area contributed by atoms with Crippen molar-refractivity contribution in [1.29, 1.82) is 5.26 Å². The SMILES string of the molecule is CC(C)C[C@@H]1C(=O)N[C@@H](C)C(=O)O[C@H](C(C)C)C(=O)N(C)[C@@H](CC(C)C)C(=O)N[C@H](CC(C)C)C(=O)N(C)[C@@H](C(C)C)C(=O)N(C)[C@H](C(O)[C@H](C)CCN(C)CCC#N)C(=O)N[C@H](C(C)O)C(=O)N(C)CC(=O)N(C)[C@@H](CC(C)C)C(=O)N[C@H](CC(C)C)C(=O)N1C. The van der Waals surface area contributed by atoms with E-state index in [-0.39, 0.29) is 74.5 Å². The van der Waals surface area contributed by atoms with Gasteiger partial charge >= 0.3 is 5.97 Å². The second-order valence-corrected chi connectivity index (χ2v) is 28.5. The summed E-state index contributed by atoms with van der Waals surface area (Å²) in [5, 5.41) is 43.8. The molecule has 0 spiro atoms. The highest BCUT2D eigenvalue weighted by atomic mass is 16.6. The van der Waals surface area contributed by atoms with Gasteiger partial charge in [0.05, 0.1) is 24.8 Å². The lowest BCUT2D eigenvalue weighted by atomic mass is 9.91. The first-order valence-electron chi connectivity index (χ1n) is 32.9. The summed E-state index contributed by atoms with van der Waals surface area (Å²) < 4.78 is 5.90. The van der Waals surface area contributed by atoms with Crippen LogP contribution in [-0.2, 0) is 57.5 Å². The summed E-state index contributed by atoms with van der Waals surface area (Å²) in [7, 11) is 9.86. The number of nitrogens with zero attached hydrogens (tertiary/aromatic N) is 8. The number of carbonyl (C=O) groups is 11. The molecule has 92 heavy (non-hydrogen) atoms. The van der Waals surface area contributed by atoms with Gasteiger partial charge in [-0.3, -0.25) is 47.9 Å². The maximum absolute atomic E-state index is 15.3. The average Bonchev–Trinajstić information content (AvgIpc) is 0.823. The lowest BCUT2D eigenvalue weighted by molar-refractivity contribution is -0.166. The van der Waals surface area contributed by atoms with Gasteiger partial charge in [-0.2, -0.15) is 5.26 Å². The molecule has 1 aliphatic rings. The molecule has 1 fully saturated rings. The normalized spacial score (nSPS) is 25.9. The maximum atomic E-state index is 15.3. The Bertz CT molecular complexity index is 2520. The van der Waals surface area contributed by atoms with Crippen molar-refractivity contribution in [3.63, 3.8) is 0 Å². The standard InChI is InChI=1S/C66H118N12O14/c1-36(2)30-46-61(86)75(21)49(33-39(7)8)57(82)68-44(16)66(91)92-56(42(13)14)65(90)76(22)50(34-40(9)10)59(84)70-47(31-37(3)4)62(87)77(23)53(41(11)12)64(89)78(24)54(55(81)43(15)26-29-72(18)28-25-27-67)60(85)71-52(45(17)79)63(88)73(19)35-51(80)74(20)48(32-38(5)6)58(83)69-46/h36-50,52-56,79,81H,25-26,28-35H2,1-24H3,(H,68,82)(H,69,83)(H,70,84)(H,71,85)/t43-,44+,45?,46-,47-,48+,49-,50+,52-,53+,54-,55?,56-/m1/s1. The summed E-state index contributed by atoms with van der Waals surface area (Å²) in [6.07, 6.45) is -3.80. The van der Waals surface area contributed by atoms with Gasteiger partial charge in [0.25, 0.3) is 5.91 Å². The number of nitriles is 1. The van der Waals surface area contributed by atoms with Gasteiger partial charge in [0.15, 0.2) is 6.10 Å². The number of likely N-dealkylation sites (N-methyl/N-ethyl adjacent to an activating group) is 6. The average molecular weight is 1300 g/mol. The molecule has 2 unspecified atom stereocenters. The molecule has 26 nitrogen and oxygen atoms in total. The number of esters is 1. The molecular formula is C66H118N12O14. The van der Waals surface area contributed by atoms with E-state index < -0.39 is 162 Å². The van der Waals surface area contributed by atoms with Crippen molar-refractivity contribution in [3.8, 4) is 6.07 Å². The van der Waals surface area contributed by atoms with Crippen LogP contribution in [0.25, 0.3) is 0 Å². The highest BCUT2D eigenvalue weighted by Crippen LogP contribution is 2.25. The second kappa shape index (κ2) is 38.7. The van der Waals surface area contributed by atoms with Crippen LogP contribution in [0.3, 0.4) is 0 Å². The van der Waals surface area contributed by atoms with E-state index in [1.54, 1.807) is 41.7 Å². The van der Waals surface area contributed by atoms with Gasteiger partial charge in [0.2, 0.25) is 53.2 Å². The molecule has 13 atom stereocenters. The molecule has 6 N–H and O–H groups in total. The van der Waals surface area contributed by atoms with Crippen LogP contribution in [0, 0.1) is 58.7 Å². The van der Waals surface area contributed by atoms with E-state index in [0.29, 0.717) is 13.1 Å². The number of hydrogen-bond acceptors (Lipinski definition) is 16. The predicted octanol–water partition coefficient (Wildman–Crippen LogP) is 2.62. The molecule has 10 amide bonds. The maximum Gasteiger partial charge on any atom is 0.329 e. The fourth-order valence-corrected chi connectivity index (χ4v) is 11.3. The van der Waals surface area contributed by atoms with Crippen molar-refractivity contribution in [1.82, 2.24) is 55.6 Å². The molecular weight excluding hydrogens is 1180 g/mol. The Morgan fingerprint density at radius 3 is 1.34 bits per heavy atom. The third-order valence-corrected chi connectivity index (χ3v) is 16.9. The van der Waals surface area contributed by atoms with E-state index in [1.807, 2.05) is 74.1 Å². The smallest absolute Gasteiger partial charge is 0.329 e. The fraction of sp³-hybridized carbons (Fsp3) is 0.818. The van der Waals surface area contributed by atoms with E-state index in [2.05, 4.69) is 27.3 Å². The quantitative estimate of drug-likeness (QED) is 0.0955. The number of aliphatic hydroxyl groups is 2. The summed E-state index contributed by atoms with van der Waals surface area (Å²) in [5.74, 6) is -11.9. The van der Waals surface area contributed by atoms with Gasteiger partial charge in [-0.05, 0) is 113 Å². The summed E-state index contributed by atoms with van der Waals surface area (Å²) in [6.45, 7) is 29.4. The minimum Gasteiger partial charge on any atom is -0.450 e. The second-order valence-electron chi connectivity index (χ2n) is 28.5. The fourth-order valence-electron chi connectivity index (χ4n) is 11.3. The van der Waals surface area contributed by atoms with Crippen LogP contribution in [0.1, 0.15) is 163 Å².